The van der Waals surface area contributed by atoms with Crippen molar-refractivity contribution in [3.63, 3.8) is 0 Å². The Balaban J connectivity index is 2.25. The molecule has 1 heterocycles. The van der Waals surface area contributed by atoms with E-state index < -0.39 is 11.2 Å². The lowest BCUT2D eigenvalue weighted by molar-refractivity contribution is 0.0625. The molecule has 1 aromatic carbocycles. The van der Waals surface area contributed by atoms with Crippen molar-refractivity contribution < 1.29 is 13.9 Å². The van der Waals surface area contributed by atoms with Gasteiger partial charge < -0.3 is 15.4 Å². The minimum absolute atomic E-state index is 0.177. The van der Waals surface area contributed by atoms with Gasteiger partial charge in [-0.1, -0.05) is 0 Å². The molecule has 1 aliphatic heterocycles. The fourth-order valence-electron chi connectivity index (χ4n) is 2.64. The highest BCUT2D eigenvalue weighted by atomic mass is 19.1. The van der Waals surface area contributed by atoms with Gasteiger partial charge >= 0.3 is 0 Å². The Labute approximate surface area is 129 Å². The van der Waals surface area contributed by atoms with Crippen LogP contribution in [0.2, 0.25) is 0 Å². The number of nitrogens with zero attached hydrogens (tertiary/aromatic N) is 2. The zero-order chi connectivity index (χ0) is 16.2. The van der Waals surface area contributed by atoms with E-state index >= 15 is 0 Å². The summed E-state index contributed by atoms with van der Waals surface area (Å²) in [6, 6.07) is 6.12. The van der Waals surface area contributed by atoms with Crippen LogP contribution in [-0.4, -0.2) is 37.0 Å². The summed E-state index contributed by atoms with van der Waals surface area (Å²) in [5.41, 5.74) is 5.02. The van der Waals surface area contributed by atoms with Crippen molar-refractivity contribution in [3.05, 3.63) is 29.6 Å². The first-order valence-corrected chi connectivity index (χ1v) is 7.32. The Kier molecular flexibility index (Phi) is 4.99. The lowest BCUT2D eigenvalue weighted by Gasteiger charge is -2.36. The van der Waals surface area contributed by atoms with Crippen LogP contribution in [0, 0.1) is 22.6 Å². The molecule has 0 radical (unpaired) electrons. The first-order valence-electron chi connectivity index (χ1n) is 7.32. The number of hydrogen-bond acceptors (Lipinski definition) is 4. The van der Waals surface area contributed by atoms with Crippen LogP contribution in [0.4, 0.5) is 4.39 Å². The van der Waals surface area contributed by atoms with E-state index in [1.807, 2.05) is 6.92 Å². The fraction of sp³-hybridized carbons (Fsp3) is 0.500. The first-order chi connectivity index (χ1) is 10.5. The summed E-state index contributed by atoms with van der Waals surface area (Å²) in [6.45, 7) is 3.30. The van der Waals surface area contributed by atoms with Crippen LogP contribution >= 0.6 is 0 Å². The lowest BCUT2D eigenvalue weighted by Crippen LogP contribution is -2.44. The summed E-state index contributed by atoms with van der Waals surface area (Å²) in [6.07, 6.45) is 1.51. The normalized spacial score (nSPS) is 21.3. The molecule has 5 nitrogen and oxygen atoms in total. The number of rotatable bonds is 4. The molecular weight excluding hydrogens is 285 g/mol. The van der Waals surface area contributed by atoms with Gasteiger partial charge in [-0.3, -0.25) is 4.79 Å². The molecule has 1 atom stereocenters. The highest BCUT2D eigenvalue weighted by molar-refractivity contribution is 5.97. The molecule has 1 aliphatic rings. The van der Waals surface area contributed by atoms with E-state index in [1.54, 1.807) is 4.90 Å². The van der Waals surface area contributed by atoms with Gasteiger partial charge in [-0.05, 0) is 38.0 Å². The molecule has 0 bridgehead atoms. The summed E-state index contributed by atoms with van der Waals surface area (Å²) in [7, 11) is 0. The highest BCUT2D eigenvalue weighted by Crippen LogP contribution is 2.30. The third kappa shape index (κ3) is 3.55. The average molecular weight is 305 g/mol. The van der Waals surface area contributed by atoms with Crippen molar-refractivity contribution >= 4 is 5.91 Å². The summed E-state index contributed by atoms with van der Waals surface area (Å²) >= 11 is 0. The maximum Gasteiger partial charge on any atom is 0.257 e. The largest absolute Gasteiger partial charge is 0.491 e. The van der Waals surface area contributed by atoms with E-state index in [-0.39, 0.29) is 18.1 Å². The van der Waals surface area contributed by atoms with Crippen LogP contribution in [0.1, 0.15) is 30.1 Å². The lowest BCUT2D eigenvalue weighted by atomic mass is 9.83. The molecule has 1 aromatic rings. The molecule has 1 amide bonds. The van der Waals surface area contributed by atoms with Crippen LogP contribution in [0.5, 0.6) is 5.75 Å². The van der Waals surface area contributed by atoms with E-state index in [0.717, 1.165) is 12.8 Å². The number of carbonyl (C=O) groups excluding carboxylic acids is 1. The zero-order valence-corrected chi connectivity index (χ0v) is 12.6. The fourth-order valence-corrected chi connectivity index (χ4v) is 2.64. The maximum atomic E-state index is 13.5. The minimum atomic E-state index is -0.556. The van der Waals surface area contributed by atoms with Crippen molar-refractivity contribution in [3.8, 4) is 11.8 Å². The highest BCUT2D eigenvalue weighted by Gasteiger charge is 2.34. The molecule has 0 aromatic heterocycles. The van der Waals surface area contributed by atoms with Gasteiger partial charge in [0, 0.05) is 19.6 Å². The van der Waals surface area contributed by atoms with Gasteiger partial charge in [-0.25, -0.2) is 4.39 Å². The van der Waals surface area contributed by atoms with Gasteiger partial charge in [-0.15, -0.1) is 0 Å². The Morgan fingerprint density at radius 1 is 1.59 bits per heavy atom. The van der Waals surface area contributed by atoms with E-state index in [4.69, 9.17) is 10.5 Å². The number of hydrogen-bond donors (Lipinski definition) is 1. The Hall–Kier alpha value is -2.13. The van der Waals surface area contributed by atoms with E-state index in [0.29, 0.717) is 25.4 Å². The molecular formula is C16H20FN3O2. The first kappa shape index (κ1) is 16.2. The Morgan fingerprint density at radius 2 is 2.36 bits per heavy atom. The van der Waals surface area contributed by atoms with Crippen molar-refractivity contribution in [2.24, 2.45) is 11.1 Å². The third-order valence-electron chi connectivity index (χ3n) is 3.80. The smallest absolute Gasteiger partial charge is 0.257 e. The summed E-state index contributed by atoms with van der Waals surface area (Å²) in [5, 5.41) is 9.25. The molecule has 6 heteroatoms. The van der Waals surface area contributed by atoms with E-state index in [9.17, 15) is 14.4 Å². The molecule has 0 saturated carbocycles. The van der Waals surface area contributed by atoms with Crippen LogP contribution in [0.25, 0.3) is 0 Å². The van der Waals surface area contributed by atoms with E-state index in [2.05, 4.69) is 6.07 Å². The summed E-state index contributed by atoms with van der Waals surface area (Å²) in [4.78, 5) is 14.3. The SMILES string of the molecule is CC1(C#N)CCCN(C(=O)c2cc(F)ccc2OCCN)C1. The third-order valence-corrected chi connectivity index (χ3v) is 3.80. The van der Waals surface area contributed by atoms with Crippen molar-refractivity contribution in [1.82, 2.24) is 4.90 Å². The van der Waals surface area contributed by atoms with Crippen molar-refractivity contribution in [2.45, 2.75) is 19.8 Å². The van der Waals surface area contributed by atoms with Gasteiger partial charge in [0.2, 0.25) is 0 Å². The van der Waals surface area contributed by atoms with Crippen LogP contribution < -0.4 is 10.5 Å². The Bertz CT molecular complexity index is 600. The number of benzene rings is 1. The number of likely N-dealkylation sites (tertiary alicyclic amines) is 1. The predicted molar refractivity (Wildman–Crippen MR) is 79.8 cm³/mol. The number of amides is 1. The number of carbonyl (C=O) groups is 1. The molecule has 0 aliphatic carbocycles. The Morgan fingerprint density at radius 3 is 3.05 bits per heavy atom. The molecule has 1 unspecified atom stereocenters. The molecule has 2 rings (SSSR count). The second kappa shape index (κ2) is 6.75. The topological polar surface area (TPSA) is 79.3 Å². The zero-order valence-electron chi connectivity index (χ0n) is 12.6. The number of nitriles is 1. The summed E-state index contributed by atoms with van der Waals surface area (Å²) in [5.74, 6) is -0.489. The molecule has 0 spiro atoms. The van der Waals surface area contributed by atoms with E-state index in [1.165, 1.54) is 18.2 Å². The van der Waals surface area contributed by atoms with Crippen LogP contribution in [-0.2, 0) is 0 Å². The van der Waals surface area contributed by atoms with Crippen LogP contribution in [0.15, 0.2) is 18.2 Å². The standard InChI is InChI=1S/C16H20FN3O2/c1-16(10-19)5-2-7-20(11-16)15(21)13-9-12(17)3-4-14(13)22-8-6-18/h3-4,9H,2,5-8,11,18H2,1H3. The molecule has 1 saturated heterocycles. The van der Waals surface area contributed by atoms with Crippen LogP contribution in [0.3, 0.4) is 0 Å². The molecule has 118 valence electrons. The molecule has 1 fully saturated rings. The quantitative estimate of drug-likeness (QED) is 0.922. The second-order valence-electron chi connectivity index (χ2n) is 5.78. The predicted octanol–water partition coefficient (Wildman–Crippen LogP) is 1.93. The number of piperidine rings is 1. The summed E-state index contributed by atoms with van der Waals surface area (Å²) < 4.78 is 18.9. The van der Waals surface area contributed by atoms with Crippen molar-refractivity contribution in [1.29, 1.82) is 5.26 Å². The molecule has 22 heavy (non-hydrogen) atoms. The monoisotopic (exact) mass is 305 g/mol. The van der Waals surface area contributed by atoms with Gasteiger partial charge in [-0.2, -0.15) is 5.26 Å². The minimum Gasteiger partial charge on any atom is -0.491 e. The maximum absolute atomic E-state index is 13.5. The number of ether oxygens (including phenoxy) is 1. The van der Waals surface area contributed by atoms with Gasteiger partial charge in [0.15, 0.2) is 0 Å². The second-order valence-corrected chi connectivity index (χ2v) is 5.78. The molecule has 2 N–H and O–H groups in total. The van der Waals surface area contributed by atoms with Gasteiger partial charge in [0.1, 0.15) is 18.2 Å². The number of halogens is 1. The van der Waals surface area contributed by atoms with Gasteiger partial charge in [0.25, 0.3) is 5.91 Å². The van der Waals surface area contributed by atoms with Crippen molar-refractivity contribution in [2.75, 3.05) is 26.2 Å². The number of nitrogens with two attached hydrogens (primary N) is 1. The van der Waals surface area contributed by atoms with Gasteiger partial charge in [0.05, 0.1) is 17.0 Å². The average Bonchev–Trinajstić information content (AvgIpc) is 2.53.